The second-order valence-electron chi connectivity index (χ2n) is 5.53. The average Bonchev–Trinajstić information content (AvgIpc) is 2.53. The summed E-state index contributed by atoms with van der Waals surface area (Å²) in [5, 5.41) is 12.6. The summed E-state index contributed by atoms with van der Waals surface area (Å²) < 4.78 is 10.4. The van der Waals surface area contributed by atoms with Crippen molar-refractivity contribution < 1.29 is 19.4 Å². The number of β-amino-alcohol motifs (C(OH)–C–C–N with tert-alkyl or cyclic N) is 1. The highest BCUT2D eigenvalue weighted by atomic mass is 16.5. The fourth-order valence-electron chi connectivity index (χ4n) is 2.66. The summed E-state index contributed by atoms with van der Waals surface area (Å²) in [5.74, 6) is 1.09. The monoisotopic (exact) mass is 308 g/mol. The summed E-state index contributed by atoms with van der Waals surface area (Å²) in [7, 11) is 3.13. The summed E-state index contributed by atoms with van der Waals surface area (Å²) in [5.41, 5.74) is 0.659. The Morgan fingerprint density at radius 1 is 1.36 bits per heavy atom. The van der Waals surface area contributed by atoms with Crippen molar-refractivity contribution in [3.05, 3.63) is 18.2 Å². The number of likely N-dealkylation sites (tertiary alicyclic amines) is 1. The molecule has 0 bridgehead atoms. The quantitative estimate of drug-likeness (QED) is 0.862. The van der Waals surface area contributed by atoms with E-state index < -0.39 is 0 Å². The second-order valence-corrected chi connectivity index (χ2v) is 5.53. The van der Waals surface area contributed by atoms with E-state index in [0.717, 1.165) is 19.4 Å². The molecule has 1 amide bonds. The topological polar surface area (TPSA) is 71.0 Å². The van der Waals surface area contributed by atoms with Gasteiger partial charge in [0, 0.05) is 18.3 Å². The van der Waals surface area contributed by atoms with Gasteiger partial charge in [-0.25, -0.2) is 0 Å². The SMILES string of the molecule is COc1ccc(NC(=O)C(C)N2CCCC(O)C2)cc1OC. The number of hydrogen-bond donors (Lipinski definition) is 2. The van der Waals surface area contributed by atoms with E-state index in [1.165, 1.54) is 0 Å². The lowest BCUT2D eigenvalue weighted by molar-refractivity contribution is -0.121. The molecule has 6 heteroatoms. The second kappa shape index (κ2) is 7.47. The molecule has 0 spiro atoms. The van der Waals surface area contributed by atoms with Gasteiger partial charge in [-0.3, -0.25) is 9.69 Å². The number of benzene rings is 1. The molecule has 0 aliphatic carbocycles. The van der Waals surface area contributed by atoms with E-state index in [1.54, 1.807) is 32.4 Å². The summed E-state index contributed by atoms with van der Waals surface area (Å²) in [6.45, 7) is 3.23. The molecule has 1 heterocycles. The van der Waals surface area contributed by atoms with Gasteiger partial charge < -0.3 is 19.9 Å². The molecular formula is C16H24N2O4. The molecule has 1 aliphatic heterocycles. The zero-order valence-corrected chi connectivity index (χ0v) is 13.3. The summed E-state index contributed by atoms with van der Waals surface area (Å²) in [6.07, 6.45) is 1.38. The molecule has 1 aliphatic rings. The Balaban J connectivity index is 2.01. The van der Waals surface area contributed by atoms with Crippen LogP contribution in [0.25, 0.3) is 0 Å². The first-order valence-electron chi connectivity index (χ1n) is 7.50. The third-order valence-corrected chi connectivity index (χ3v) is 4.01. The maximum atomic E-state index is 12.4. The Bertz CT molecular complexity index is 521. The Kier molecular flexibility index (Phi) is 5.63. The van der Waals surface area contributed by atoms with E-state index >= 15 is 0 Å². The van der Waals surface area contributed by atoms with Crippen molar-refractivity contribution in [2.75, 3.05) is 32.6 Å². The first-order chi connectivity index (χ1) is 10.5. The lowest BCUT2D eigenvalue weighted by Gasteiger charge is -2.33. The number of aliphatic hydroxyl groups is 1. The molecule has 2 N–H and O–H groups in total. The minimum Gasteiger partial charge on any atom is -0.493 e. The molecule has 2 rings (SSSR count). The molecule has 0 saturated carbocycles. The van der Waals surface area contributed by atoms with Crippen LogP contribution in [0.2, 0.25) is 0 Å². The van der Waals surface area contributed by atoms with E-state index in [1.807, 2.05) is 11.8 Å². The lowest BCUT2D eigenvalue weighted by atomic mass is 10.1. The van der Waals surface area contributed by atoms with Gasteiger partial charge in [-0.15, -0.1) is 0 Å². The summed E-state index contributed by atoms with van der Waals surface area (Å²) in [4.78, 5) is 14.4. The van der Waals surface area contributed by atoms with Crippen molar-refractivity contribution in [3.8, 4) is 11.5 Å². The van der Waals surface area contributed by atoms with Crippen LogP contribution in [0, 0.1) is 0 Å². The highest BCUT2D eigenvalue weighted by Gasteiger charge is 2.26. The van der Waals surface area contributed by atoms with Crippen LogP contribution < -0.4 is 14.8 Å². The van der Waals surface area contributed by atoms with Crippen LogP contribution in [0.15, 0.2) is 18.2 Å². The number of aliphatic hydroxyl groups excluding tert-OH is 1. The number of carbonyl (C=O) groups is 1. The molecule has 2 atom stereocenters. The number of amides is 1. The Morgan fingerprint density at radius 3 is 2.73 bits per heavy atom. The molecule has 1 aromatic rings. The van der Waals surface area contributed by atoms with E-state index in [2.05, 4.69) is 5.32 Å². The standard InChI is InChI=1S/C16H24N2O4/c1-11(18-8-4-5-13(19)10-18)16(20)17-12-6-7-14(21-2)15(9-12)22-3/h6-7,9,11,13,19H,4-5,8,10H2,1-3H3,(H,17,20). The van der Waals surface area contributed by atoms with Crippen molar-refractivity contribution in [1.82, 2.24) is 4.90 Å². The molecule has 1 aromatic carbocycles. The van der Waals surface area contributed by atoms with Crippen molar-refractivity contribution in [2.24, 2.45) is 0 Å². The normalized spacial score (nSPS) is 20.3. The zero-order chi connectivity index (χ0) is 16.1. The molecular weight excluding hydrogens is 284 g/mol. The van der Waals surface area contributed by atoms with Crippen molar-refractivity contribution in [1.29, 1.82) is 0 Å². The van der Waals surface area contributed by atoms with Crippen LogP contribution in [-0.4, -0.2) is 55.4 Å². The van der Waals surface area contributed by atoms with Crippen LogP contribution in [0.1, 0.15) is 19.8 Å². The fourth-order valence-corrected chi connectivity index (χ4v) is 2.66. The van der Waals surface area contributed by atoms with Gasteiger partial charge in [-0.2, -0.15) is 0 Å². The van der Waals surface area contributed by atoms with Crippen LogP contribution in [0.5, 0.6) is 11.5 Å². The predicted molar refractivity (Wildman–Crippen MR) is 84.5 cm³/mol. The summed E-state index contributed by atoms with van der Waals surface area (Å²) >= 11 is 0. The molecule has 0 radical (unpaired) electrons. The first-order valence-corrected chi connectivity index (χ1v) is 7.50. The van der Waals surface area contributed by atoms with Gasteiger partial charge in [0.1, 0.15) is 0 Å². The number of piperidine rings is 1. The zero-order valence-electron chi connectivity index (χ0n) is 13.3. The third kappa shape index (κ3) is 3.90. The Labute approximate surface area is 131 Å². The van der Waals surface area contributed by atoms with E-state index in [-0.39, 0.29) is 18.1 Å². The van der Waals surface area contributed by atoms with Gasteiger partial charge in [0.25, 0.3) is 0 Å². The van der Waals surface area contributed by atoms with E-state index in [4.69, 9.17) is 9.47 Å². The largest absolute Gasteiger partial charge is 0.493 e. The summed E-state index contributed by atoms with van der Waals surface area (Å²) in [6, 6.07) is 4.97. The number of nitrogens with one attached hydrogen (secondary N) is 1. The molecule has 22 heavy (non-hydrogen) atoms. The van der Waals surface area contributed by atoms with Crippen molar-refractivity contribution >= 4 is 11.6 Å². The van der Waals surface area contributed by atoms with Crippen LogP contribution >= 0.6 is 0 Å². The van der Waals surface area contributed by atoms with Gasteiger partial charge in [0.05, 0.1) is 26.4 Å². The number of nitrogens with zero attached hydrogens (tertiary/aromatic N) is 1. The highest BCUT2D eigenvalue weighted by Crippen LogP contribution is 2.29. The first kappa shape index (κ1) is 16.6. The number of carbonyl (C=O) groups excluding carboxylic acids is 1. The Hall–Kier alpha value is -1.79. The van der Waals surface area contributed by atoms with Gasteiger partial charge >= 0.3 is 0 Å². The van der Waals surface area contributed by atoms with Crippen molar-refractivity contribution in [3.63, 3.8) is 0 Å². The number of methoxy groups -OCH3 is 2. The van der Waals surface area contributed by atoms with E-state index in [0.29, 0.717) is 23.7 Å². The third-order valence-electron chi connectivity index (χ3n) is 4.01. The van der Waals surface area contributed by atoms with E-state index in [9.17, 15) is 9.90 Å². The predicted octanol–water partition coefficient (Wildman–Crippen LogP) is 1.49. The highest BCUT2D eigenvalue weighted by molar-refractivity contribution is 5.94. The number of ether oxygens (including phenoxy) is 2. The smallest absolute Gasteiger partial charge is 0.241 e. The number of rotatable bonds is 5. The molecule has 0 aromatic heterocycles. The lowest BCUT2D eigenvalue weighted by Crippen LogP contribution is -2.48. The maximum absolute atomic E-state index is 12.4. The van der Waals surface area contributed by atoms with Gasteiger partial charge in [0.2, 0.25) is 5.91 Å². The average molecular weight is 308 g/mol. The molecule has 2 unspecified atom stereocenters. The molecule has 6 nitrogen and oxygen atoms in total. The van der Waals surface area contributed by atoms with Gasteiger partial charge in [-0.1, -0.05) is 0 Å². The van der Waals surface area contributed by atoms with Crippen LogP contribution in [0.4, 0.5) is 5.69 Å². The number of hydrogen-bond acceptors (Lipinski definition) is 5. The Morgan fingerprint density at radius 2 is 2.09 bits per heavy atom. The van der Waals surface area contributed by atoms with Crippen LogP contribution in [0.3, 0.4) is 0 Å². The van der Waals surface area contributed by atoms with Crippen LogP contribution in [-0.2, 0) is 4.79 Å². The molecule has 1 saturated heterocycles. The minimum atomic E-state index is -0.343. The van der Waals surface area contributed by atoms with Crippen molar-refractivity contribution in [2.45, 2.75) is 31.9 Å². The number of anilines is 1. The fraction of sp³-hybridized carbons (Fsp3) is 0.562. The van der Waals surface area contributed by atoms with Gasteiger partial charge in [-0.05, 0) is 38.4 Å². The minimum absolute atomic E-state index is 0.0960. The maximum Gasteiger partial charge on any atom is 0.241 e. The molecule has 1 fully saturated rings. The van der Waals surface area contributed by atoms with Gasteiger partial charge in [0.15, 0.2) is 11.5 Å². The molecule has 122 valence electrons.